The number of anilines is 1. The monoisotopic (exact) mass is 347 g/mol. The molecule has 1 aliphatic rings. The lowest BCUT2D eigenvalue weighted by atomic mass is 9.95. The van der Waals surface area contributed by atoms with Gasteiger partial charge in [0.05, 0.1) is 5.25 Å². The number of hydrogen-bond acceptors (Lipinski definition) is 2. The normalized spacial score (nSPS) is 22.2. The average molecular weight is 347 g/mol. The fourth-order valence-corrected chi connectivity index (χ4v) is 4.89. The summed E-state index contributed by atoms with van der Waals surface area (Å²) in [5, 5.41) is 7.17. The summed E-state index contributed by atoms with van der Waals surface area (Å²) in [5.41, 5.74) is 1.85. The van der Waals surface area contributed by atoms with E-state index in [0.29, 0.717) is 5.75 Å². The molecule has 0 spiro atoms. The molecule has 1 aromatic heterocycles. The molecule has 130 valence electrons. The first-order valence-corrected chi connectivity index (χ1v) is 9.96. The summed E-state index contributed by atoms with van der Waals surface area (Å²) in [5.74, 6) is 0.647. The molecule has 2 aromatic rings. The number of rotatable bonds is 4. The molecule has 3 rings (SSSR count). The van der Waals surface area contributed by atoms with E-state index in [1.165, 1.54) is 0 Å². The second kappa shape index (κ2) is 7.38. The molecule has 2 amide bonds. The van der Waals surface area contributed by atoms with Gasteiger partial charge < -0.3 is 15.2 Å². The van der Waals surface area contributed by atoms with E-state index >= 15 is 0 Å². The Morgan fingerprint density at radius 1 is 1.29 bits per heavy atom. The number of hydrogen-bond donors (Lipinski definition) is 2. The van der Waals surface area contributed by atoms with Crippen LogP contribution in [0.1, 0.15) is 32.6 Å². The van der Waals surface area contributed by atoms with Crippen LogP contribution in [-0.4, -0.2) is 31.9 Å². The van der Waals surface area contributed by atoms with E-state index in [9.17, 15) is 9.00 Å². The zero-order chi connectivity index (χ0) is 17.1. The van der Waals surface area contributed by atoms with E-state index in [1.807, 2.05) is 49.0 Å². The molecule has 1 saturated carbocycles. The van der Waals surface area contributed by atoms with E-state index in [2.05, 4.69) is 10.6 Å². The van der Waals surface area contributed by atoms with E-state index in [1.54, 1.807) is 0 Å². The van der Waals surface area contributed by atoms with Gasteiger partial charge in [-0.15, -0.1) is 0 Å². The summed E-state index contributed by atoms with van der Waals surface area (Å²) in [4.78, 5) is 12.4. The van der Waals surface area contributed by atoms with Crippen LogP contribution in [0.2, 0.25) is 0 Å². The number of fused-ring (bicyclic) bond motifs is 1. The second-order valence-electron chi connectivity index (χ2n) is 6.40. The molecule has 1 aromatic carbocycles. The highest BCUT2D eigenvalue weighted by atomic mass is 32.2. The highest BCUT2D eigenvalue weighted by Crippen LogP contribution is 2.24. The first-order valence-electron chi connectivity index (χ1n) is 8.58. The fraction of sp³-hybridized carbons (Fsp3) is 0.500. The van der Waals surface area contributed by atoms with Crippen LogP contribution in [0.5, 0.6) is 0 Å². The number of amides is 2. The van der Waals surface area contributed by atoms with Crippen molar-refractivity contribution in [2.45, 2.75) is 43.9 Å². The van der Waals surface area contributed by atoms with Crippen LogP contribution in [0.3, 0.4) is 0 Å². The highest BCUT2D eigenvalue weighted by molar-refractivity contribution is 7.85. The van der Waals surface area contributed by atoms with Crippen molar-refractivity contribution in [2.75, 3.05) is 11.1 Å². The third kappa shape index (κ3) is 3.64. The predicted molar refractivity (Wildman–Crippen MR) is 99.8 cm³/mol. The van der Waals surface area contributed by atoms with Crippen molar-refractivity contribution in [1.29, 1.82) is 0 Å². The lowest BCUT2D eigenvalue weighted by Crippen LogP contribution is -2.48. The Morgan fingerprint density at radius 3 is 2.88 bits per heavy atom. The molecular weight excluding hydrogens is 322 g/mol. The number of nitrogens with one attached hydrogen (secondary N) is 2. The Labute approximate surface area is 145 Å². The fourth-order valence-electron chi connectivity index (χ4n) is 3.47. The topological polar surface area (TPSA) is 63.1 Å². The lowest BCUT2D eigenvalue weighted by molar-refractivity contribution is 0.244. The number of benzene rings is 1. The summed E-state index contributed by atoms with van der Waals surface area (Å²) in [6.45, 7) is 1.94. The molecule has 1 aliphatic carbocycles. The number of aromatic nitrogens is 1. The largest absolute Gasteiger partial charge is 0.350 e. The quantitative estimate of drug-likeness (QED) is 0.890. The number of urea groups is 1. The van der Waals surface area contributed by atoms with Crippen LogP contribution in [0.25, 0.3) is 10.9 Å². The van der Waals surface area contributed by atoms with Gasteiger partial charge in [-0.05, 0) is 36.4 Å². The Bertz CT molecular complexity index is 756. The van der Waals surface area contributed by atoms with E-state index in [4.69, 9.17) is 0 Å². The molecule has 0 saturated heterocycles. The molecule has 1 fully saturated rings. The number of carbonyl (C=O) groups excluding carboxylic acids is 1. The van der Waals surface area contributed by atoms with Crippen molar-refractivity contribution in [3.63, 3.8) is 0 Å². The van der Waals surface area contributed by atoms with Crippen LogP contribution in [0.4, 0.5) is 10.5 Å². The standard InChI is InChI=1S/C18H25N3O2S/c1-3-24(23)17-7-5-4-6-15(17)20-18(22)19-14-9-8-13-10-11-21(2)16(13)12-14/h8-12,15,17H,3-7H2,1-2H3,(H2,19,20,22)/t15-,17-,24+/m0/s1. The van der Waals surface area contributed by atoms with Crippen molar-refractivity contribution in [3.05, 3.63) is 30.5 Å². The Kier molecular flexibility index (Phi) is 5.23. The van der Waals surface area contributed by atoms with Gasteiger partial charge in [-0.25, -0.2) is 4.79 Å². The molecular formula is C18H25N3O2S. The summed E-state index contributed by atoms with van der Waals surface area (Å²) < 4.78 is 14.2. The van der Waals surface area contributed by atoms with Gasteiger partial charge in [0.15, 0.2) is 0 Å². The molecule has 3 atom stereocenters. The Morgan fingerprint density at radius 2 is 2.08 bits per heavy atom. The third-order valence-electron chi connectivity index (χ3n) is 4.79. The predicted octanol–water partition coefficient (Wildman–Crippen LogP) is 3.38. The second-order valence-corrected chi connectivity index (χ2v) is 8.34. The Balaban J connectivity index is 1.67. The average Bonchev–Trinajstić information content (AvgIpc) is 2.95. The maximum absolute atomic E-state index is 12.4. The van der Waals surface area contributed by atoms with Gasteiger partial charge >= 0.3 is 6.03 Å². The molecule has 0 aliphatic heterocycles. The molecule has 0 unspecified atom stereocenters. The molecule has 2 N–H and O–H groups in total. The van der Waals surface area contributed by atoms with Crippen molar-refractivity contribution in [1.82, 2.24) is 9.88 Å². The molecule has 1 heterocycles. The maximum atomic E-state index is 12.4. The van der Waals surface area contributed by atoms with Gasteiger partial charge in [-0.1, -0.05) is 25.8 Å². The molecule has 24 heavy (non-hydrogen) atoms. The van der Waals surface area contributed by atoms with Crippen LogP contribution in [-0.2, 0) is 17.8 Å². The number of aryl methyl sites for hydroxylation is 1. The van der Waals surface area contributed by atoms with Gasteiger partial charge in [0.2, 0.25) is 0 Å². The minimum atomic E-state index is -0.869. The molecule has 5 nitrogen and oxygen atoms in total. The molecule has 0 radical (unpaired) electrons. The smallest absolute Gasteiger partial charge is 0.319 e. The minimum absolute atomic E-state index is 0.00157. The van der Waals surface area contributed by atoms with Crippen LogP contribution >= 0.6 is 0 Å². The van der Waals surface area contributed by atoms with Gasteiger partial charge in [-0.3, -0.25) is 4.21 Å². The minimum Gasteiger partial charge on any atom is -0.350 e. The van der Waals surface area contributed by atoms with Gasteiger partial charge in [0, 0.05) is 47.0 Å². The van der Waals surface area contributed by atoms with Crippen molar-refractivity contribution < 1.29 is 9.00 Å². The molecule has 0 bridgehead atoms. The van der Waals surface area contributed by atoms with Gasteiger partial charge in [-0.2, -0.15) is 0 Å². The zero-order valence-corrected chi connectivity index (χ0v) is 15.1. The van der Waals surface area contributed by atoms with E-state index in [-0.39, 0.29) is 17.3 Å². The van der Waals surface area contributed by atoms with Crippen LogP contribution in [0, 0.1) is 0 Å². The highest BCUT2D eigenvalue weighted by Gasteiger charge is 2.30. The number of carbonyl (C=O) groups is 1. The van der Waals surface area contributed by atoms with Crippen molar-refractivity contribution in [2.24, 2.45) is 7.05 Å². The first kappa shape index (κ1) is 17.0. The van der Waals surface area contributed by atoms with Crippen LogP contribution < -0.4 is 10.6 Å². The van der Waals surface area contributed by atoms with Gasteiger partial charge in [0.25, 0.3) is 0 Å². The van der Waals surface area contributed by atoms with Gasteiger partial charge in [0.1, 0.15) is 0 Å². The summed E-state index contributed by atoms with van der Waals surface area (Å²) in [7, 11) is 1.12. The summed E-state index contributed by atoms with van der Waals surface area (Å²) in [6.07, 6.45) is 6.01. The van der Waals surface area contributed by atoms with Crippen LogP contribution in [0.15, 0.2) is 30.5 Å². The molecule has 6 heteroatoms. The zero-order valence-electron chi connectivity index (χ0n) is 14.2. The Hall–Kier alpha value is -1.82. The summed E-state index contributed by atoms with van der Waals surface area (Å²) >= 11 is 0. The number of nitrogens with zero attached hydrogens (tertiary/aromatic N) is 1. The van der Waals surface area contributed by atoms with E-state index < -0.39 is 10.8 Å². The van der Waals surface area contributed by atoms with Crippen molar-refractivity contribution in [3.8, 4) is 0 Å². The van der Waals surface area contributed by atoms with Crippen molar-refractivity contribution >= 4 is 33.4 Å². The van der Waals surface area contributed by atoms with E-state index in [0.717, 1.165) is 42.3 Å². The third-order valence-corrected chi connectivity index (χ3v) is 6.60. The summed E-state index contributed by atoms with van der Waals surface area (Å²) in [6, 6.07) is 7.71. The first-order chi connectivity index (χ1) is 11.6. The lowest BCUT2D eigenvalue weighted by Gasteiger charge is -2.31. The maximum Gasteiger partial charge on any atom is 0.319 e. The SMILES string of the molecule is CC[S@@](=O)[C@H]1CCCC[C@@H]1NC(=O)Nc1ccc2ccn(C)c2c1.